The summed E-state index contributed by atoms with van der Waals surface area (Å²) in [5, 5.41) is 2.92. The first-order valence-electron chi connectivity index (χ1n) is 10.6. The Morgan fingerprint density at radius 3 is 2.44 bits per heavy atom. The number of benzene rings is 2. The molecule has 0 aliphatic heterocycles. The van der Waals surface area contributed by atoms with E-state index in [1.165, 1.54) is 11.6 Å². The number of carbonyl (C=O) groups excluding carboxylic acids is 1. The summed E-state index contributed by atoms with van der Waals surface area (Å²) in [7, 11) is 0. The fourth-order valence-electron chi connectivity index (χ4n) is 4.42. The van der Waals surface area contributed by atoms with Gasteiger partial charge < -0.3 is 11.1 Å². The number of halogens is 1. The molecule has 0 radical (unpaired) electrons. The van der Waals surface area contributed by atoms with Gasteiger partial charge in [-0.2, -0.15) is 0 Å². The van der Waals surface area contributed by atoms with E-state index in [9.17, 15) is 18.8 Å². The van der Waals surface area contributed by atoms with Crippen LogP contribution in [-0.4, -0.2) is 21.5 Å². The van der Waals surface area contributed by atoms with Crippen molar-refractivity contribution >= 4 is 11.6 Å². The molecule has 4 rings (SSSR count). The summed E-state index contributed by atoms with van der Waals surface area (Å²) in [5.41, 5.74) is 5.50. The lowest BCUT2D eigenvalue weighted by atomic mass is 9.82. The van der Waals surface area contributed by atoms with Gasteiger partial charge in [-0.3, -0.25) is 19.1 Å². The third-order valence-electron chi connectivity index (χ3n) is 5.98. The molecule has 1 saturated carbocycles. The van der Waals surface area contributed by atoms with Crippen molar-refractivity contribution < 1.29 is 9.18 Å². The normalized spacial score (nSPS) is 18.3. The Kier molecular flexibility index (Phi) is 5.94. The lowest BCUT2D eigenvalue weighted by molar-refractivity contribution is 0.0918. The number of rotatable bonds is 4. The zero-order chi connectivity index (χ0) is 22.8. The van der Waals surface area contributed by atoms with Crippen molar-refractivity contribution in [2.75, 3.05) is 5.73 Å². The Labute approximate surface area is 184 Å². The monoisotopic (exact) mass is 436 g/mol. The summed E-state index contributed by atoms with van der Waals surface area (Å²) in [4.78, 5) is 40.0. The molecule has 4 N–H and O–H groups in total. The zero-order valence-electron chi connectivity index (χ0n) is 17.7. The van der Waals surface area contributed by atoms with Crippen LogP contribution in [0.2, 0.25) is 0 Å². The molecule has 1 aliphatic carbocycles. The summed E-state index contributed by atoms with van der Waals surface area (Å²) < 4.78 is 14.9. The molecular weight excluding hydrogens is 411 g/mol. The predicted octanol–water partition coefficient (Wildman–Crippen LogP) is 3.01. The molecule has 2 aromatic carbocycles. The molecule has 0 atom stereocenters. The highest BCUT2D eigenvalue weighted by molar-refractivity contribution is 5.98. The Bertz CT molecular complexity index is 1240. The van der Waals surface area contributed by atoms with Crippen LogP contribution in [0.5, 0.6) is 0 Å². The number of aromatic nitrogens is 2. The second kappa shape index (κ2) is 8.82. The van der Waals surface area contributed by atoms with Gasteiger partial charge in [0.15, 0.2) is 0 Å². The minimum absolute atomic E-state index is 0.112. The molecule has 0 bridgehead atoms. The average molecular weight is 436 g/mol. The fraction of sp³-hybridized carbons (Fsp3) is 0.292. The van der Waals surface area contributed by atoms with E-state index < -0.39 is 23.0 Å². The molecule has 7 nitrogen and oxygen atoms in total. The first kappa shape index (κ1) is 21.5. The molecule has 1 heterocycles. The van der Waals surface area contributed by atoms with Crippen LogP contribution in [0.15, 0.2) is 58.1 Å². The number of hydrogen-bond donors (Lipinski definition) is 3. The number of H-pyrrole nitrogens is 1. The molecule has 0 unspecified atom stereocenters. The van der Waals surface area contributed by atoms with Gasteiger partial charge in [0.25, 0.3) is 11.5 Å². The van der Waals surface area contributed by atoms with Crippen molar-refractivity contribution in [1.29, 1.82) is 0 Å². The molecule has 0 saturated heterocycles. The summed E-state index contributed by atoms with van der Waals surface area (Å²) in [5.74, 6) is -0.763. The molecule has 1 aromatic heterocycles. The molecule has 3 aromatic rings. The van der Waals surface area contributed by atoms with E-state index in [2.05, 4.69) is 22.4 Å². The second-order valence-electron chi connectivity index (χ2n) is 8.28. The van der Waals surface area contributed by atoms with Crippen molar-refractivity contribution in [3.05, 3.63) is 92.0 Å². The fourth-order valence-corrected chi connectivity index (χ4v) is 4.42. The number of hydrogen-bond acceptors (Lipinski definition) is 4. The van der Waals surface area contributed by atoms with Gasteiger partial charge in [0.1, 0.15) is 17.2 Å². The maximum absolute atomic E-state index is 14.0. The lowest BCUT2D eigenvalue weighted by Gasteiger charge is -2.29. The summed E-state index contributed by atoms with van der Waals surface area (Å²) in [6, 6.07) is 14.1. The molecule has 8 heteroatoms. The summed E-state index contributed by atoms with van der Waals surface area (Å²) in [6.07, 6.45) is 3.35. The smallest absolute Gasteiger partial charge is 0.333 e. The largest absolute Gasteiger partial charge is 0.392 e. The van der Waals surface area contributed by atoms with Gasteiger partial charge in [-0.1, -0.05) is 30.3 Å². The van der Waals surface area contributed by atoms with Gasteiger partial charge in [-0.05, 0) is 67.9 Å². The number of nitrogens with two attached hydrogens (primary N) is 1. The molecule has 32 heavy (non-hydrogen) atoms. The van der Waals surface area contributed by atoms with Crippen molar-refractivity contribution in [1.82, 2.24) is 14.9 Å². The number of aryl methyl sites for hydroxylation is 1. The third kappa shape index (κ3) is 4.34. The Morgan fingerprint density at radius 1 is 1.09 bits per heavy atom. The number of anilines is 1. The van der Waals surface area contributed by atoms with Crippen molar-refractivity contribution in [2.45, 2.75) is 44.6 Å². The van der Waals surface area contributed by atoms with Crippen LogP contribution in [0.1, 0.15) is 53.2 Å². The maximum atomic E-state index is 14.0. The van der Waals surface area contributed by atoms with Gasteiger partial charge in [-0.25, -0.2) is 9.18 Å². The first-order chi connectivity index (χ1) is 15.3. The van der Waals surface area contributed by atoms with E-state index in [-0.39, 0.29) is 23.1 Å². The standard InChI is InChI=1S/C24H25FN4O3/c1-14-11-17(25)13-19(12-14)29-21(20(26)22(30)28-24(29)32)23(31)27-18-9-7-16(8-10-18)15-5-3-2-4-6-15/h2-6,11-13,16,18H,7-10,26H2,1H3,(H,27,31)(H,28,30,32)/t16-,18+. The van der Waals surface area contributed by atoms with E-state index in [1.807, 2.05) is 18.2 Å². The number of amides is 1. The molecule has 0 spiro atoms. The van der Waals surface area contributed by atoms with Gasteiger partial charge >= 0.3 is 5.69 Å². The molecular formula is C24H25FN4O3. The topological polar surface area (TPSA) is 110 Å². The molecule has 1 aliphatic rings. The van der Waals surface area contributed by atoms with Crippen molar-refractivity contribution in [3.63, 3.8) is 0 Å². The van der Waals surface area contributed by atoms with Gasteiger partial charge in [0.05, 0.1) is 5.69 Å². The minimum Gasteiger partial charge on any atom is -0.392 e. The van der Waals surface area contributed by atoms with Crippen molar-refractivity contribution in [3.8, 4) is 5.69 Å². The second-order valence-corrected chi connectivity index (χ2v) is 8.28. The highest BCUT2D eigenvalue weighted by atomic mass is 19.1. The van der Waals surface area contributed by atoms with E-state index >= 15 is 0 Å². The van der Waals surface area contributed by atoms with Crippen molar-refractivity contribution in [2.24, 2.45) is 0 Å². The first-order valence-corrected chi connectivity index (χ1v) is 10.6. The number of nitrogens with one attached hydrogen (secondary N) is 2. The summed E-state index contributed by atoms with van der Waals surface area (Å²) in [6.45, 7) is 1.66. The molecule has 1 fully saturated rings. The Morgan fingerprint density at radius 2 is 1.78 bits per heavy atom. The maximum Gasteiger partial charge on any atom is 0.333 e. The molecule has 1 amide bonds. The number of nitrogen functional groups attached to an aromatic ring is 1. The van der Waals surface area contributed by atoms with E-state index in [1.54, 1.807) is 13.0 Å². The van der Waals surface area contributed by atoms with Crippen LogP contribution in [0.3, 0.4) is 0 Å². The lowest BCUT2D eigenvalue weighted by Crippen LogP contribution is -2.43. The van der Waals surface area contributed by atoms with Crippen LogP contribution in [0, 0.1) is 12.7 Å². The van der Waals surface area contributed by atoms with Gasteiger partial charge in [-0.15, -0.1) is 0 Å². The number of nitrogens with zero attached hydrogens (tertiary/aromatic N) is 1. The number of carbonyl (C=O) groups is 1. The number of aromatic amines is 1. The van der Waals surface area contributed by atoms with E-state index in [4.69, 9.17) is 5.73 Å². The van der Waals surface area contributed by atoms with Gasteiger partial charge in [0, 0.05) is 6.04 Å². The van der Waals surface area contributed by atoms with Crippen LogP contribution < -0.4 is 22.3 Å². The van der Waals surface area contributed by atoms with Crippen LogP contribution in [-0.2, 0) is 0 Å². The third-order valence-corrected chi connectivity index (χ3v) is 5.98. The highest BCUT2D eigenvalue weighted by Crippen LogP contribution is 2.32. The van der Waals surface area contributed by atoms with Crippen LogP contribution >= 0.6 is 0 Å². The zero-order valence-corrected chi connectivity index (χ0v) is 17.7. The van der Waals surface area contributed by atoms with Crippen LogP contribution in [0.4, 0.5) is 10.1 Å². The Hall–Kier alpha value is -3.68. The molecule has 166 valence electrons. The van der Waals surface area contributed by atoms with Crippen LogP contribution in [0.25, 0.3) is 5.69 Å². The minimum atomic E-state index is -0.855. The summed E-state index contributed by atoms with van der Waals surface area (Å²) >= 11 is 0. The average Bonchev–Trinajstić information content (AvgIpc) is 2.76. The SMILES string of the molecule is Cc1cc(F)cc(-n2c(C(=O)N[C@H]3CC[C@@H](c4ccccc4)CC3)c(N)c(=O)[nH]c2=O)c1. The quantitative estimate of drug-likeness (QED) is 0.584. The van der Waals surface area contributed by atoms with E-state index in [0.717, 1.165) is 36.3 Å². The predicted molar refractivity (Wildman–Crippen MR) is 121 cm³/mol. The highest BCUT2D eigenvalue weighted by Gasteiger charge is 2.27. The Balaban J connectivity index is 1.60. The van der Waals surface area contributed by atoms with Gasteiger partial charge in [0.2, 0.25) is 0 Å². The van der Waals surface area contributed by atoms with E-state index in [0.29, 0.717) is 11.5 Å².